The van der Waals surface area contributed by atoms with Gasteiger partial charge in [-0.05, 0) is 51.8 Å². The predicted octanol–water partition coefficient (Wildman–Crippen LogP) is 0.509. The number of nitrogens with zero attached hydrogens (tertiary/aromatic N) is 3. The Balaban J connectivity index is 0.000000654. The molecular formula is C19H26ClN5O6S. The minimum absolute atomic E-state index is 0.0582. The quantitative estimate of drug-likeness (QED) is 0.246. The van der Waals surface area contributed by atoms with Crippen LogP contribution in [0.15, 0.2) is 27.8 Å². The van der Waals surface area contributed by atoms with E-state index < -0.39 is 21.6 Å². The van der Waals surface area contributed by atoms with Crippen LogP contribution in [0.5, 0.6) is 0 Å². The zero-order chi connectivity index (χ0) is 24.1. The van der Waals surface area contributed by atoms with Crippen LogP contribution in [0.3, 0.4) is 0 Å². The number of benzene rings is 1. The lowest BCUT2D eigenvalue weighted by molar-refractivity contribution is -0.896. The molecule has 176 valence electrons. The normalized spacial score (nSPS) is 12.7. The van der Waals surface area contributed by atoms with Crippen LogP contribution in [0.25, 0.3) is 22.6 Å². The van der Waals surface area contributed by atoms with Crippen LogP contribution in [0.1, 0.15) is 39.7 Å². The van der Waals surface area contributed by atoms with E-state index in [1.165, 1.54) is 0 Å². The van der Waals surface area contributed by atoms with Crippen molar-refractivity contribution in [2.24, 2.45) is 0 Å². The highest BCUT2D eigenvalue weighted by atomic mass is 35.5. The lowest BCUT2D eigenvalue weighted by Gasteiger charge is -2.23. The predicted molar refractivity (Wildman–Crippen MR) is 119 cm³/mol. The Kier molecular flexibility index (Phi) is 8.87. The van der Waals surface area contributed by atoms with Gasteiger partial charge in [0.2, 0.25) is 10.4 Å². The molecule has 1 unspecified atom stereocenters. The maximum atomic E-state index is 12.3. The minimum Gasteiger partial charge on any atom is -0.726 e. The summed E-state index contributed by atoms with van der Waals surface area (Å²) >= 11 is 6.11. The van der Waals surface area contributed by atoms with Crippen LogP contribution >= 0.6 is 11.6 Å². The Morgan fingerprint density at radius 2 is 1.88 bits per heavy atom. The summed E-state index contributed by atoms with van der Waals surface area (Å²) < 4.78 is 34.8. The van der Waals surface area contributed by atoms with Gasteiger partial charge in [0.15, 0.2) is 11.5 Å². The fourth-order valence-electron chi connectivity index (χ4n) is 3.55. The fraction of sp³-hybridized carbons (Fsp3) is 0.474. The van der Waals surface area contributed by atoms with Crippen molar-refractivity contribution < 1.29 is 22.4 Å². The van der Waals surface area contributed by atoms with Gasteiger partial charge in [-0.2, -0.15) is 4.98 Å². The molecule has 11 nitrogen and oxygen atoms in total. The van der Waals surface area contributed by atoms with Gasteiger partial charge in [-0.15, -0.1) is 0 Å². The van der Waals surface area contributed by atoms with Crippen molar-refractivity contribution in [1.29, 1.82) is 0 Å². The summed E-state index contributed by atoms with van der Waals surface area (Å²) in [5, 5.41) is 0.545. The number of aromatic nitrogens is 4. The summed E-state index contributed by atoms with van der Waals surface area (Å²) in [7, 11) is -4.92. The SMILES string of the molecule is CC[NH+](CC)CCCC(C)n1c2nc(=O)[nH]c(=O)c-2nc2cc(Cl)ccc21.O=S(=O)([O-])O. The Labute approximate surface area is 190 Å². The molecule has 0 saturated heterocycles. The molecule has 0 saturated carbocycles. The topological polar surface area (TPSA) is 163 Å². The first-order valence-electron chi connectivity index (χ1n) is 10.1. The van der Waals surface area contributed by atoms with Gasteiger partial charge >= 0.3 is 5.69 Å². The number of quaternary nitrogens is 1. The van der Waals surface area contributed by atoms with Crippen molar-refractivity contribution in [2.75, 3.05) is 19.6 Å². The average molecular weight is 488 g/mol. The maximum absolute atomic E-state index is 12.3. The molecule has 1 aromatic carbocycles. The van der Waals surface area contributed by atoms with Crippen molar-refractivity contribution in [2.45, 2.75) is 39.7 Å². The van der Waals surface area contributed by atoms with E-state index in [1.807, 2.05) is 10.6 Å². The number of hydrogen-bond donors (Lipinski definition) is 3. The highest BCUT2D eigenvalue weighted by molar-refractivity contribution is 7.79. The number of rotatable bonds is 7. The van der Waals surface area contributed by atoms with Crippen LogP contribution in [-0.4, -0.2) is 56.7 Å². The van der Waals surface area contributed by atoms with Crippen LogP contribution in [0.4, 0.5) is 0 Å². The monoisotopic (exact) mass is 487 g/mol. The molecule has 2 heterocycles. The summed E-state index contributed by atoms with van der Waals surface area (Å²) in [5.41, 5.74) is 0.399. The maximum Gasteiger partial charge on any atom is 0.349 e. The number of fused-ring (bicyclic) bond motifs is 2. The molecule has 2 aliphatic heterocycles. The van der Waals surface area contributed by atoms with E-state index in [-0.39, 0.29) is 11.7 Å². The fourth-order valence-corrected chi connectivity index (χ4v) is 3.72. The van der Waals surface area contributed by atoms with Crippen LogP contribution in [0, 0.1) is 0 Å². The molecule has 0 radical (unpaired) electrons. The number of aromatic amines is 1. The van der Waals surface area contributed by atoms with E-state index >= 15 is 0 Å². The molecule has 0 aliphatic carbocycles. The first-order valence-corrected chi connectivity index (χ1v) is 11.8. The summed E-state index contributed by atoms with van der Waals surface area (Å²) in [4.78, 5) is 36.3. The molecule has 1 atom stereocenters. The number of H-pyrrole nitrogens is 1. The molecule has 1 aromatic rings. The smallest absolute Gasteiger partial charge is 0.349 e. The van der Waals surface area contributed by atoms with Gasteiger partial charge in [-0.1, -0.05) is 11.6 Å². The van der Waals surface area contributed by atoms with Crippen LogP contribution < -0.4 is 16.1 Å². The Morgan fingerprint density at radius 3 is 2.47 bits per heavy atom. The zero-order valence-electron chi connectivity index (χ0n) is 18.0. The molecule has 3 rings (SSSR count). The highest BCUT2D eigenvalue weighted by Gasteiger charge is 2.22. The number of hydrogen-bond acceptors (Lipinski definition) is 7. The molecule has 3 N–H and O–H groups in total. The second-order valence-electron chi connectivity index (χ2n) is 7.28. The largest absolute Gasteiger partial charge is 0.726 e. The molecule has 32 heavy (non-hydrogen) atoms. The van der Waals surface area contributed by atoms with Crippen molar-refractivity contribution in [3.05, 3.63) is 44.1 Å². The molecule has 0 bridgehead atoms. The van der Waals surface area contributed by atoms with Crippen LogP contribution in [0.2, 0.25) is 5.02 Å². The average Bonchev–Trinajstić information content (AvgIpc) is 2.68. The lowest BCUT2D eigenvalue weighted by Crippen LogP contribution is -3.11. The summed E-state index contributed by atoms with van der Waals surface area (Å²) in [6.45, 7) is 9.76. The van der Waals surface area contributed by atoms with Gasteiger partial charge < -0.3 is 14.0 Å². The number of halogens is 1. The molecule has 13 heteroatoms. The van der Waals surface area contributed by atoms with Gasteiger partial charge in [0.1, 0.15) is 0 Å². The molecule has 0 aromatic heterocycles. The van der Waals surface area contributed by atoms with E-state index in [0.29, 0.717) is 16.4 Å². The third-order valence-corrected chi connectivity index (χ3v) is 5.34. The third kappa shape index (κ3) is 7.07. The van der Waals surface area contributed by atoms with Crippen LogP contribution in [-0.2, 0) is 10.4 Å². The highest BCUT2D eigenvalue weighted by Crippen LogP contribution is 2.28. The van der Waals surface area contributed by atoms with Crippen molar-refractivity contribution in [3.8, 4) is 11.5 Å². The van der Waals surface area contributed by atoms with Crippen molar-refractivity contribution in [3.63, 3.8) is 0 Å². The number of nitrogens with one attached hydrogen (secondary N) is 2. The Morgan fingerprint density at radius 1 is 1.25 bits per heavy atom. The second-order valence-corrected chi connectivity index (χ2v) is 8.58. The van der Waals surface area contributed by atoms with Gasteiger partial charge in [0, 0.05) is 11.1 Å². The van der Waals surface area contributed by atoms with Crippen molar-refractivity contribution in [1.82, 2.24) is 19.5 Å². The summed E-state index contributed by atoms with van der Waals surface area (Å²) in [6, 6.07) is 5.43. The Hall–Kier alpha value is -2.38. The van der Waals surface area contributed by atoms with Gasteiger partial charge in [-0.25, -0.2) is 18.2 Å². The van der Waals surface area contributed by atoms with E-state index in [9.17, 15) is 9.59 Å². The molecule has 0 amide bonds. The van der Waals surface area contributed by atoms with Crippen molar-refractivity contribution >= 4 is 33.0 Å². The zero-order valence-corrected chi connectivity index (χ0v) is 19.5. The molecule has 0 fully saturated rings. The van der Waals surface area contributed by atoms with E-state index in [1.54, 1.807) is 17.0 Å². The third-order valence-electron chi connectivity index (χ3n) is 5.11. The molecular weight excluding hydrogens is 462 g/mol. The lowest BCUT2D eigenvalue weighted by atomic mass is 10.1. The first kappa shape index (κ1) is 25.9. The second kappa shape index (κ2) is 11.0. The van der Waals surface area contributed by atoms with Gasteiger partial charge in [0.05, 0.1) is 30.7 Å². The van der Waals surface area contributed by atoms with E-state index in [0.717, 1.165) is 38.0 Å². The Bertz CT molecular complexity index is 1250. The van der Waals surface area contributed by atoms with Gasteiger partial charge in [-0.3, -0.25) is 14.3 Å². The standard InChI is InChI=1S/C19H24ClN5O2.H2O4S/c1-4-24(5-2)10-6-7-12(3)25-15-9-8-13(20)11-14(15)21-16-17(25)22-19(27)23-18(16)26;1-5(2,3)4/h8-9,11-12H,4-7,10H2,1-3H3,(H,23,26,27);(H2,1,2,3,4). The van der Waals surface area contributed by atoms with E-state index in [4.69, 9.17) is 29.1 Å². The minimum atomic E-state index is -4.92. The van der Waals surface area contributed by atoms with Gasteiger partial charge in [0.25, 0.3) is 5.56 Å². The molecule has 0 spiro atoms. The van der Waals surface area contributed by atoms with E-state index in [2.05, 4.69) is 35.7 Å². The summed E-state index contributed by atoms with van der Waals surface area (Å²) in [6.07, 6.45) is 1.95. The summed E-state index contributed by atoms with van der Waals surface area (Å²) in [5.74, 6) is 0.321. The molecule has 2 aliphatic rings. The first-order chi connectivity index (χ1) is 14.9.